The SMILES string of the molecule is COc1c(N)cccc1C(=O)OCCN(C)C. The van der Waals surface area contributed by atoms with Gasteiger partial charge in [0.2, 0.25) is 0 Å². The number of likely N-dealkylation sites (N-methyl/N-ethyl adjacent to an activating group) is 1. The van der Waals surface area contributed by atoms with Gasteiger partial charge < -0.3 is 20.1 Å². The molecule has 0 unspecified atom stereocenters. The van der Waals surface area contributed by atoms with Gasteiger partial charge in [-0.25, -0.2) is 4.79 Å². The molecular weight excluding hydrogens is 220 g/mol. The number of methoxy groups -OCH3 is 1. The molecule has 1 aromatic rings. The zero-order chi connectivity index (χ0) is 12.8. The Balaban J connectivity index is 2.72. The van der Waals surface area contributed by atoms with E-state index in [1.807, 2.05) is 19.0 Å². The molecule has 0 aliphatic carbocycles. The molecule has 0 aliphatic heterocycles. The fourth-order valence-electron chi connectivity index (χ4n) is 1.34. The summed E-state index contributed by atoms with van der Waals surface area (Å²) in [6.45, 7) is 1.01. The van der Waals surface area contributed by atoms with Crippen LogP contribution in [0.2, 0.25) is 0 Å². The molecular formula is C12H18N2O3. The highest BCUT2D eigenvalue weighted by atomic mass is 16.5. The third kappa shape index (κ3) is 3.64. The van der Waals surface area contributed by atoms with Crippen LogP contribution >= 0.6 is 0 Å². The Hall–Kier alpha value is -1.75. The van der Waals surface area contributed by atoms with E-state index in [4.69, 9.17) is 15.2 Å². The van der Waals surface area contributed by atoms with E-state index in [2.05, 4.69) is 0 Å². The fourth-order valence-corrected chi connectivity index (χ4v) is 1.34. The van der Waals surface area contributed by atoms with E-state index < -0.39 is 5.97 Å². The molecule has 0 amide bonds. The number of para-hydroxylation sites is 1. The Labute approximate surface area is 101 Å². The predicted molar refractivity (Wildman–Crippen MR) is 66.2 cm³/mol. The molecule has 1 aromatic carbocycles. The number of carbonyl (C=O) groups is 1. The maximum atomic E-state index is 11.8. The second-order valence-corrected chi connectivity index (χ2v) is 3.87. The van der Waals surface area contributed by atoms with Crippen molar-refractivity contribution in [1.82, 2.24) is 4.90 Å². The molecule has 1 rings (SSSR count). The standard InChI is InChI=1S/C12H18N2O3/c1-14(2)7-8-17-12(15)9-5-4-6-10(13)11(9)16-3/h4-6H,7-8,13H2,1-3H3. The molecule has 0 saturated heterocycles. The van der Waals surface area contributed by atoms with Gasteiger partial charge in [0.15, 0.2) is 5.75 Å². The lowest BCUT2D eigenvalue weighted by Gasteiger charge is -2.12. The summed E-state index contributed by atoms with van der Waals surface area (Å²) in [7, 11) is 5.30. The summed E-state index contributed by atoms with van der Waals surface area (Å²) >= 11 is 0. The van der Waals surface area contributed by atoms with E-state index in [0.717, 1.165) is 0 Å². The van der Waals surface area contributed by atoms with Gasteiger partial charge in [0, 0.05) is 6.54 Å². The van der Waals surface area contributed by atoms with Gasteiger partial charge in [-0.15, -0.1) is 0 Å². The summed E-state index contributed by atoms with van der Waals surface area (Å²) in [6, 6.07) is 5.00. The van der Waals surface area contributed by atoms with Crippen LogP contribution in [0, 0.1) is 0 Å². The van der Waals surface area contributed by atoms with Crippen molar-refractivity contribution in [1.29, 1.82) is 0 Å². The predicted octanol–water partition coefficient (Wildman–Crippen LogP) is 0.996. The van der Waals surface area contributed by atoms with Gasteiger partial charge in [0.1, 0.15) is 12.2 Å². The number of nitrogen functional groups attached to an aromatic ring is 1. The summed E-state index contributed by atoms with van der Waals surface area (Å²) in [5.41, 5.74) is 6.48. The number of hydrogen-bond acceptors (Lipinski definition) is 5. The van der Waals surface area contributed by atoms with Crippen molar-refractivity contribution in [2.24, 2.45) is 0 Å². The van der Waals surface area contributed by atoms with Crippen LogP contribution < -0.4 is 10.5 Å². The number of esters is 1. The van der Waals surface area contributed by atoms with Crippen LogP contribution in [-0.2, 0) is 4.74 Å². The number of hydrogen-bond donors (Lipinski definition) is 1. The maximum Gasteiger partial charge on any atom is 0.342 e. The number of carbonyl (C=O) groups excluding carboxylic acids is 1. The molecule has 0 heterocycles. The zero-order valence-corrected chi connectivity index (χ0v) is 10.4. The highest BCUT2D eigenvalue weighted by molar-refractivity contribution is 5.94. The molecule has 0 aliphatic rings. The van der Waals surface area contributed by atoms with E-state index in [9.17, 15) is 4.79 Å². The molecule has 0 radical (unpaired) electrons. The maximum absolute atomic E-state index is 11.8. The van der Waals surface area contributed by atoms with Gasteiger partial charge in [0.05, 0.1) is 12.8 Å². The van der Waals surface area contributed by atoms with Crippen LogP contribution in [0.3, 0.4) is 0 Å². The normalized spacial score (nSPS) is 10.4. The molecule has 0 atom stereocenters. The molecule has 2 N–H and O–H groups in total. The first-order valence-corrected chi connectivity index (χ1v) is 5.30. The number of benzene rings is 1. The first-order valence-electron chi connectivity index (χ1n) is 5.30. The van der Waals surface area contributed by atoms with Crippen molar-refractivity contribution in [3.8, 4) is 5.75 Å². The second-order valence-electron chi connectivity index (χ2n) is 3.87. The monoisotopic (exact) mass is 238 g/mol. The van der Waals surface area contributed by atoms with Gasteiger partial charge in [0.25, 0.3) is 0 Å². The third-order valence-electron chi connectivity index (χ3n) is 2.24. The number of rotatable bonds is 5. The largest absolute Gasteiger partial charge is 0.494 e. The first kappa shape index (κ1) is 13.3. The van der Waals surface area contributed by atoms with Crippen LogP contribution in [0.1, 0.15) is 10.4 Å². The Kier molecular flexibility index (Phi) is 4.78. The molecule has 5 nitrogen and oxygen atoms in total. The summed E-state index contributed by atoms with van der Waals surface area (Å²) < 4.78 is 10.2. The van der Waals surface area contributed by atoms with Crippen LogP contribution in [0.25, 0.3) is 0 Å². The van der Waals surface area contributed by atoms with E-state index in [1.54, 1.807) is 18.2 Å². The number of nitrogens with two attached hydrogens (primary N) is 1. The molecule has 0 spiro atoms. The van der Waals surface area contributed by atoms with Crippen molar-refractivity contribution >= 4 is 11.7 Å². The lowest BCUT2D eigenvalue weighted by molar-refractivity contribution is 0.0478. The number of anilines is 1. The van der Waals surface area contributed by atoms with Gasteiger partial charge in [-0.1, -0.05) is 6.07 Å². The van der Waals surface area contributed by atoms with E-state index >= 15 is 0 Å². The summed E-state index contributed by atoms with van der Waals surface area (Å²) in [5.74, 6) is -0.0571. The second kappa shape index (κ2) is 6.10. The minimum atomic E-state index is -0.420. The minimum absolute atomic E-state index is 0.337. The quantitative estimate of drug-likeness (QED) is 0.612. The Morgan fingerprint density at radius 1 is 1.41 bits per heavy atom. The van der Waals surface area contributed by atoms with Crippen molar-refractivity contribution in [2.45, 2.75) is 0 Å². The topological polar surface area (TPSA) is 64.8 Å². The van der Waals surface area contributed by atoms with Gasteiger partial charge in [-0.05, 0) is 26.2 Å². The highest BCUT2D eigenvalue weighted by Crippen LogP contribution is 2.26. The number of nitrogens with zero attached hydrogens (tertiary/aromatic N) is 1. The average molecular weight is 238 g/mol. The zero-order valence-electron chi connectivity index (χ0n) is 10.4. The smallest absolute Gasteiger partial charge is 0.342 e. The molecule has 94 valence electrons. The van der Waals surface area contributed by atoms with Gasteiger partial charge in [-0.2, -0.15) is 0 Å². The third-order valence-corrected chi connectivity index (χ3v) is 2.24. The van der Waals surface area contributed by atoms with Crippen molar-refractivity contribution in [2.75, 3.05) is 40.1 Å². The molecule has 5 heteroatoms. The van der Waals surface area contributed by atoms with Gasteiger partial charge in [-0.3, -0.25) is 0 Å². The fraction of sp³-hybridized carbons (Fsp3) is 0.417. The molecule has 0 bridgehead atoms. The number of ether oxygens (including phenoxy) is 2. The van der Waals surface area contributed by atoms with Crippen LogP contribution in [0.15, 0.2) is 18.2 Å². The Bertz CT molecular complexity index is 391. The molecule has 0 fully saturated rings. The minimum Gasteiger partial charge on any atom is -0.494 e. The highest BCUT2D eigenvalue weighted by Gasteiger charge is 2.15. The molecule has 0 saturated carbocycles. The van der Waals surface area contributed by atoms with Crippen LogP contribution in [0.5, 0.6) is 5.75 Å². The van der Waals surface area contributed by atoms with E-state index in [1.165, 1.54) is 7.11 Å². The van der Waals surface area contributed by atoms with Crippen molar-refractivity contribution < 1.29 is 14.3 Å². The van der Waals surface area contributed by atoms with Crippen molar-refractivity contribution in [3.05, 3.63) is 23.8 Å². The molecule has 17 heavy (non-hydrogen) atoms. The van der Waals surface area contributed by atoms with E-state index in [0.29, 0.717) is 30.2 Å². The lowest BCUT2D eigenvalue weighted by atomic mass is 10.2. The lowest BCUT2D eigenvalue weighted by Crippen LogP contribution is -2.20. The Morgan fingerprint density at radius 3 is 2.71 bits per heavy atom. The summed E-state index contributed by atoms with van der Waals surface area (Å²) in [5, 5.41) is 0. The first-order chi connectivity index (χ1) is 8.06. The van der Waals surface area contributed by atoms with Crippen LogP contribution in [-0.4, -0.2) is 45.2 Å². The van der Waals surface area contributed by atoms with Crippen LogP contribution in [0.4, 0.5) is 5.69 Å². The van der Waals surface area contributed by atoms with Crippen molar-refractivity contribution in [3.63, 3.8) is 0 Å². The summed E-state index contributed by atoms with van der Waals surface area (Å²) in [6.07, 6.45) is 0. The Morgan fingerprint density at radius 2 is 2.12 bits per heavy atom. The molecule has 0 aromatic heterocycles. The average Bonchev–Trinajstić information content (AvgIpc) is 2.28. The summed E-state index contributed by atoms with van der Waals surface area (Å²) in [4.78, 5) is 13.7. The van der Waals surface area contributed by atoms with Gasteiger partial charge >= 0.3 is 5.97 Å². The van der Waals surface area contributed by atoms with E-state index in [-0.39, 0.29) is 0 Å².